The Morgan fingerprint density at radius 1 is 1.04 bits per heavy atom. The molecule has 0 aliphatic rings. The molecule has 134 valence electrons. The Labute approximate surface area is 151 Å². The van der Waals surface area contributed by atoms with E-state index < -0.39 is 0 Å². The second-order valence-electron chi connectivity index (χ2n) is 6.05. The van der Waals surface area contributed by atoms with E-state index in [1.54, 1.807) is 29.1 Å². The highest BCUT2D eigenvalue weighted by molar-refractivity contribution is 5.91. The molecule has 0 spiro atoms. The van der Waals surface area contributed by atoms with Crippen molar-refractivity contribution in [2.45, 2.75) is 25.8 Å². The van der Waals surface area contributed by atoms with E-state index in [1.165, 1.54) is 11.6 Å². The van der Waals surface area contributed by atoms with E-state index in [0.29, 0.717) is 25.1 Å². The third-order valence-electron chi connectivity index (χ3n) is 4.10. The molecule has 6 heteroatoms. The molecule has 0 saturated heterocycles. The van der Waals surface area contributed by atoms with Gasteiger partial charge in [-0.1, -0.05) is 53.7 Å². The molecule has 1 heterocycles. The van der Waals surface area contributed by atoms with Crippen molar-refractivity contribution in [2.24, 2.45) is 0 Å². The Morgan fingerprint density at radius 3 is 2.62 bits per heavy atom. The van der Waals surface area contributed by atoms with Gasteiger partial charge in [-0.3, -0.25) is 9.48 Å². The van der Waals surface area contributed by atoms with Crippen LogP contribution in [0.15, 0.2) is 60.8 Å². The quantitative estimate of drug-likeness (QED) is 0.678. The van der Waals surface area contributed by atoms with Gasteiger partial charge in [0.1, 0.15) is 5.82 Å². The van der Waals surface area contributed by atoms with Crippen LogP contribution in [0.2, 0.25) is 0 Å². The van der Waals surface area contributed by atoms with Gasteiger partial charge in [0.25, 0.3) is 5.91 Å². The smallest absolute Gasteiger partial charge is 0.273 e. The lowest BCUT2D eigenvalue weighted by Gasteiger charge is -2.04. The number of rotatable bonds is 8. The molecule has 0 saturated carbocycles. The van der Waals surface area contributed by atoms with Gasteiger partial charge in [0.15, 0.2) is 5.69 Å². The molecule has 0 radical (unpaired) electrons. The number of halogens is 1. The number of nitrogens with one attached hydrogen (secondary N) is 1. The summed E-state index contributed by atoms with van der Waals surface area (Å²) >= 11 is 0. The van der Waals surface area contributed by atoms with E-state index in [-0.39, 0.29) is 17.4 Å². The largest absolute Gasteiger partial charge is 0.350 e. The van der Waals surface area contributed by atoms with Gasteiger partial charge in [-0.05, 0) is 36.5 Å². The summed E-state index contributed by atoms with van der Waals surface area (Å²) < 4.78 is 15.2. The minimum atomic E-state index is -0.296. The standard InChI is InChI=1S/C20H21FN4O/c21-18-11-5-4-10-17(18)12-13-22-20(26)19-15-25(24-23-19)14-6-9-16-7-2-1-3-8-16/h1-5,7-8,10-11,15H,6,9,12-14H2,(H,22,26). The van der Waals surface area contributed by atoms with Crippen LogP contribution in [0.1, 0.15) is 28.0 Å². The highest BCUT2D eigenvalue weighted by atomic mass is 19.1. The molecular weight excluding hydrogens is 331 g/mol. The monoisotopic (exact) mass is 352 g/mol. The van der Waals surface area contributed by atoms with Gasteiger partial charge in [0, 0.05) is 13.1 Å². The van der Waals surface area contributed by atoms with Crippen LogP contribution in [0.25, 0.3) is 0 Å². The average Bonchev–Trinajstić information content (AvgIpc) is 3.13. The predicted octanol–water partition coefficient (Wildman–Crippen LogP) is 3.02. The second kappa shape index (κ2) is 8.89. The fraction of sp³-hybridized carbons (Fsp3) is 0.250. The van der Waals surface area contributed by atoms with Gasteiger partial charge < -0.3 is 5.32 Å². The molecule has 1 aromatic heterocycles. The van der Waals surface area contributed by atoms with Crippen molar-refractivity contribution in [2.75, 3.05) is 6.54 Å². The van der Waals surface area contributed by atoms with Crippen LogP contribution in [0.3, 0.4) is 0 Å². The van der Waals surface area contributed by atoms with Crippen molar-refractivity contribution >= 4 is 5.91 Å². The van der Waals surface area contributed by atoms with E-state index in [9.17, 15) is 9.18 Å². The second-order valence-corrected chi connectivity index (χ2v) is 6.05. The topological polar surface area (TPSA) is 59.8 Å². The summed E-state index contributed by atoms with van der Waals surface area (Å²) in [6, 6.07) is 16.8. The molecule has 3 aromatic rings. The average molecular weight is 352 g/mol. The van der Waals surface area contributed by atoms with Crippen LogP contribution in [0.4, 0.5) is 4.39 Å². The molecule has 2 aromatic carbocycles. The van der Waals surface area contributed by atoms with Crippen LogP contribution in [-0.4, -0.2) is 27.4 Å². The van der Waals surface area contributed by atoms with E-state index in [4.69, 9.17) is 0 Å². The molecule has 1 N–H and O–H groups in total. The summed E-state index contributed by atoms with van der Waals surface area (Å²) in [6.07, 6.45) is 3.94. The normalized spacial score (nSPS) is 10.7. The van der Waals surface area contributed by atoms with Crippen molar-refractivity contribution in [3.05, 3.63) is 83.4 Å². The number of benzene rings is 2. The number of amides is 1. The van der Waals surface area contributed by atoms with E-state index in [2.05, 4.69) is 27.8 Å². The van der Waals surface area contributed by atoms with Gasteiger partial charge in [-0.15, -0.1) is 5.10 Å². The number of aryl methyl sites for hydroxylation is 2. The molecule has 0 aliphatic carbocycles. The van der Waals surface area contributed by atoms with Crippen LogP contribution < -0.4 is 5.32 Å². The zero-order valence-corrected chi connectivity index (χ0v) is 14.4. The maximum absolute atomic E-state index is 13.5. The van der Waals surface area contributed by atoms with Crippen LogP contribution >= 0.6 is 0 Å². The lowest BCUT2D eigenvalue weighted by atomic mass is 10.1. The van der Waals surface area contributed by atoms with Gasteiger partial charge in [-0.25, -0.2) is 4.39 Å². The molecule has 0 aliphatic heterocycles. The molecule has 5 nitrogen and oxygen atoms in total. The lowest BCUT2D eigenvalue weighted by molar-refractivity contribution is 0.0949. The Hall–Kier alpha value is -3.02. The molecular formula is C20H21FN4O. The van der Waals surface area contributed by atoms with E-state index in [0.717, 1.165) is 12.8 Å². The van der Waals surface area contributed by atoms with Crippen molar-refractivity contribution in [3.63, 3.8) is 0 Å². The molecule has 3 rings (SSSR count). The van der Waals surface area contributed by atoms with E-state index >= 15 is 0 Å². The maximum Gasteiger partial charge on any atom is 0.273 e. The highest BCUT2D eigenvalue weighted by Gasteiger charge is 2.10. The highest BCUT2D eigenvalue weighted by Crippen LogP contribution is 2.07. The first-order valence-electron chi connectivity index (χ1n) is 8.68. The molecule has 0 bridgehead atoms. The first-order chi connectivity index (χ1) is 12.7. The summed E-state index contributed by atoms with van der Waals surface area (Å²) in [4.78, 5) is 12.1. The summed E-state index contributed by atoms with van der Waals surface area (Å²) in [7, 11) is 0. The summed E-state index contributed by atoms with van der Waals surface area (Å²) in [5.74, 6) is -0.554. The first kappa shape index (κ1) is 17.8. The van der Waals surface area contributed by atoms with Gasteiger partial charge >= 0.3 is 0 Å². The number of hydrogen-bond donors (Lipinski definition) is 1. The van der Waals surface area contributed by atoms with Crippen molar-refractivity contribution in [1.29, 1.82) is 0 Å². The Balaban J connectivity index is 1.43. The molecule has 26 heavy (non-hydrogen) atoms. The molecule has 0 fully saturated rings. The lowest BCUT2D eigenvalue weighted by Crippen LogP contribution is -2.26. The van der Waals surface area contributed by atoms with Crippen molar-refractivity contribution < 1.29 is 9.18 Å². The minimum absolute atomic E-state index is 0.258. The Bertz CT molecular complexity index is 848. The van der Waals surface area contributed by atoms with Crippen molar-refractivity contribution in [3.8, 4) is 0 Å². The third kappa shape index (κ3) is 4.99. The summed E-state index contributed by atoms with van der Waals surface area (Å²) in [6.45, 7) is 1.05. The van der Waals surface area contributed by atoms with Gasteiger partial charge in [-0.2, -0.15) is 0 Å². The SMILES string of the molecule is O=C(NCCc1ccccc1F)c1cn(CCCc2ccccc2)nn1. The predicted molar refractivity (Wildman–Crippen MR) is 97.2 cm³/mol. The van der Waals surface area contributed by atoms with Crippen LogP contribution in [0.5, 0.6) is 0 Å². The fourth-order valence-electron chi connectivity index (χ4n) is 2.70. The fourth-order valence-corrected chi connectivity index (χ4v) is 2.70. The minimum Gasteiger partial charge on any atom is -0.350 e. The summed E-state index contributed by atoms with van der Waals surface area (Å²) in [5.41, 5.74) is 2.13. The molecule has 0 atom stereocenters. The molecule has 1 amide bonds. The third-order valence-corrected chi connectivity index (χ3v) is 4.10. The van der Waals surface area contributed by atoms with Crippen LogP contribution in [0, 0.1) is 5.82 Å². The maximum atomic E-state index is 13.5. The number of nitrogens with zero attached hydrogens (tertiary/aromatic N) is 3. The first-order valence-corrected chi connectivity index (χ1v) is 8.68. The Morgan fingerprint density at radius 2 is 1.81 bits per heavy atom. The van der Waals surface area contributed by atoms with E-state index in [1.807, 2.05) is 18.2 Å². The zero-order valence-electron chi connectivity index (χ0n) is 14.4. The number of carbonyl (C=O) groups excluding carboxylic acids is 1. The number of carbonyl (C=O) groups is 1. The Kier molecular flexibility index (Phi) is 6.09. The number of aromatic nitrogens is 3. The van der Waals surface area contributed by atoms with Crippen LogP contribution in [-0.2, 0) is 19.4 Å². The molecule has 0 unspecified atom stereocenters. The zero-order chi connectivity index (χ0) is 18.2. The van der Waals surface area contributed by atoms with Crippen molar-refractivity contribution in [1.82, 2.24) is 20.3 Å². The number of hydrogen-bond acceptors (Lipinski definition) is 3. The van der Waals surface area contributed by atoms with Gasteiger partial charge in [0.2, 0.25) is 0 Å². The summed E-state index contributed by atoms with van der Waals surface area (Å²) in [5, 5.41) is 10.7. The van der Waals surface area contributed by atoms with Gasteiger partial charge in [0.05, 0.1) is 6.20 Å².